The number of rotatable bonds is 17. The van der Waals surface area contributed by atoms with E-state index in [9.17, 15) is 31.9 Å². The molecule has 1 unspecified atom stereocenters. The van der Waals surface area contributed by atoms with Crippen molar-refractivity contribution in [1.29, 1.82) is 0 Å². The number of carbonyl (C=O) groups excluding carboxylic acids is 3. The van der Waals surface area contributed by atoms with Crippen molar-refractivity contribution in [2.45, 2.75) is 31.0 Å². The molecule has 0 bridgehead atoms. The first-order chi connectivity index (χ1) is 24.5. The standard InChI is InChI=1S/C37H36F4N2O8/c1-47-26-12-8-24(9-13-26)37(23-6-4-3-5-7-23,25-10-14-27(48-2)15-11-25)49-22-28(21-43-31(44)18-19-42)50-32(45)16-17-33(46)51-36-34(40)29(38)20-30(39)35(36)41/h3-15,20,28H,16-19,21-22,42H2,1-2H3,(H,43,44). The van der Waals surface area contributed by atoms with E-state index >= 15 is 0 Å². The van der Waals surface area contributed by atoms with Crippen molar-refractivity contribution >= 4 is 17.8 Å². The van der Waals surface area contributed by atoms with E-state index < -0.39 is 71.4 Å². The molecular formula is C37H36F4N2O8. The van der Waals surface area contributed by atoms with Crippen molar-refractivity contribution in [3.05, 3.63) is 125 Å². The van der Waals surface area contributed by atoms with E-state index in [1.54, 1.807) is 24.3 Å². The highest BCUT2D eigenvalue weighted by Gasteiger charge is 2.39. The van der Waals surface area contributed by atoms with Crippen LogP contribution >= 0.6 is 0 Å². The second kappa shape index (κ2) is 18.0. The fraction of sp³-hybridized carbons (Fsp3) is 0.270. The zero-order chi connectivity index (χ0) is 37.0. The molecule has 0 heterocycles. The number of methoxy groups -OCH3 is 2. The molecule has 10 nitrogen and oxygen atoms in total. The molecule has 51 heavy (non-hydrogen) atoms. The van der Waals surface area contributed by atoms with Crippen molar-refractivity contribution < 1.29 is 55.6 Å². The average molecular weight is 713 g/mol. The largest absolute Gasteiger partial charge is 0.497 e. The van der Waals surface area contributed by atoms with Crippen LogP contribution in [0.1, 0.15) is 36.0 Å². The first-order valence-electron chi connectivity index (χ1n) is 15.7. The van der Waals surface area contributed by atoms with E-state index in [1.165, 1.54) is 14.2 Å². The molecule has 4 rings (SSSR count). The maximum atomic E-state index is 14.0. The van der Waals surface area contributed by atoms with Gasteiger partial charge in [0.1, 0.15) is 23.2 Å². The summed E-state index contributed by atoms with van der Waals surface area (Å²) < 4.78 is 82.7. The van der Waals surface area contributed by atoms with Crippen molar-refractivity contribution in [2.24, 2.45) is 5.73 Å². The molecule has 0 aliphatic carbocycles. The first-order valence-corrected chi connectivity index (χ1v) is 15.7. The molecule has 270 valence electrons. The number of hydrogen-bond donors (Lipinski definition) is 2. The summed E-state index contributed by atoms with van der Waals surface area (Å²) in [5.74, 6) is -10.5. The van der Waals surface area contributed by atoms with Gasteiger partial charge in [0.25, 0.3) is 0 Å². The van der Waals surface area contributed by atoms with E-state index in [4.69, 9.17) is 24.7 Å². The zero-order valence-electron chi connectivity index (χ0n) is 27.8. The van der Waals surface area contributed by atoms with Crippen LogP contribution in [-0.4, -0.2) is 57.9 Å². The molecule has 4 aromatic rings. The predicted octanol–water partition coefficient (Wildman–Crippen LogP) is 5.33. The van der Waals surface area contributed by atoms with Gasteiger partial charge in [-0.1, -0.05) is 54.6 Å². The summed E-state index contributed by atoms with van der Waals surface area (Å²) >= 11 is 0. The Kier molecular flexibility index (Phi) is 13.5. The minimum Gasteiger partial charge on any atom is -0.497 e. The number of halogens is 4. The summed E-state index contributed by atoms with van der Waals surface area (Å²) in [6, 6.07) is 23.5. The third kappa shape index (κ3) is 9.61. The smallest absolute Gasteiger partial charge is 0.311 e. The molecule has 4 aromatic carbocycles. The Labute approximate surface area is 291 Å². The molecule has 0 aliphatic heterocycles. The van der Waals surface area contributed by atoms with Gasteiger partial charge in [0.05, 0.1) is 40.2 Å². The molecule has 0 spiro atoms. The van der Waals surface area contributed by atoms with Crippen LogP contribution in [0.4, 0.5) is 17.6 Å². The van der Waals surface area contributed by atoms with Crippen LogP contribution in [-0.2, 0) is 29.5 Å². The van der Waals surface area contributed by atoms with Gasteiger partial charge in [-0.05, 0) is 41.0 Å². The number of nitrogens with two attached hydrogens (primary N) is 1. The highest BCUT2D eigenvalue weighted by molar-refractivity contribution is 5.79. The van der Waals surface area contributed by atoms with Gasteiger partial charge < -0.3 is 34.7 Å². The lowest BCUT2D eigenvalue weighted by Gasteiger charge is -2.37. The summed E-state index contributed by atoms with van der Waals surface area (Å²) in [5.41, 5.74) is 6.24. The van der Waals surface area contributed by atoms with Crippen molar-refractivity contribution in [2.75, 3.05) is 33.9 Å². The van der Waals surface area contributed by atoms with Crippen LogP contribution in [0.25, 0.3) is 0 Å². The van der Waals surface area contributed by atoms with Crippen LogP contribution < -0.4 is 25.3 Å². The number of nitrogens with one attached hydrogen (secondary N) is 1. The summed E-state index contributed by atoms with van der Waals surface area (Å²) in [7, 11) is 3.07. The predicted molar refractivity (Wildman–Crippen MR) is 176 cm³/mol. The fourth-order valence-corrected chi connectivity index (χ4v) is 5.13. The molecule has 1 amide bonds. The average Bonchev–Trinajstić information content (AvgIpc) is 3.15. The number of hydrogen-bond acceptors (Lipinski definition) is 9. The topological polar surface area (TPSA) is 135 Å². The Bertz CT molecular complexity index is 1720. The van der Waals surface area contributed by atoms with E-state index in [1.807, 2.05) is 54.6 Å². The molecule has 0 saturated carbocycles. The van der Waals surface area contributed by atoms with Crippen LogP contribution in [0, 0.1) is 23.3 Å². The van der Waals surface area contributed by atoms with Gasteiger partial charge in [-0.15, -0.1) is 0 Å². The van der Waals surface area contributed by atoms with Gasteiger partial charge in [-0.25, -0.2) is 8.78 Å². The summed E-state index contributed by atoms with van der Waals surface area (Å²) in [6.07, 6.45) is -2.57. The van der Waals surface area contributed by atoms with E-state index in [-0.39, 0.29) is 32.2 Å². The zero-order valence-corrected chi connectivity index (χ0v) is 27.8. The Morgan fingerprint density at radius 2 is 1.24 bits per heavy atom. The van der Waals surface area contributed by atoms with Crippen LogP contribution in [0.3, 0.4) is 0 Å². The minimum atomic E-state index is -1.91. The molecule has 0 radical (unpaired) electrons. The highest BCUT2D eigenvalue weighted by atomic mass is 19.2. The van der Waals surface area contributed by atoms with Gasteiger partial charge in [-0.2, -0.15) is 8.78 Å². The molecule has 14 heteroatoms. The Morgan fingerprint density at radius 1 is 0.725 bits per heavy atom. The number of esters is 2. The quantitative estimate of drug-likeness (QED) is 0.0490. The van der Waals surface area contributed by atoms with Crippen molar-refractivity contribution in [1.82, 2.24) is 5.32 Å². The van der Waals surface area contributed by atoms with E-state index in [2.05, 4.69) is 10.1 Å². The fourth-order valence-electron chi connectivity index (χ4n) is 5.13. The minimum absolute atomic E-state index is 0.00714. The van der Waals surface area contributed by atoms with Gasteiger partial charge in [0, 0.05) is 19.0 Å². The number of benzene rings is 4. The molecule has 0 aliphatic rings. The van der Waals surface area contributed by atoms with Crippen molar-refractivity contribution in [3.63, 3.8) is 0 Å². The number of ether oxygens (including phenoxy) is 5. The third-order valence-electron chi connectivity index (χ3n) is 7.68. The van der Waals surface area contributed by atoms with Gasteiger partial charge in [-0.3, -0.25) is 14.4 Å². The summed E-state index contributed by atoms with van der Waals surface area (Å²) in [4.78, 5) is 37.6. The molecule has 0 fully saturated rings. The molecule has 3 N–H and O–H groups in total. The van der Waals surface area contributed by atoms with E-state index in [0.717, 1.165) is 0 Å². The molecular weight excluding hydrogens is 676 g/mol. The summed E-state index contributed by atoms with van der Waals surface area (Å²) in [5, 5.41) is 2.64. The highest BCUT2D eigenvalue weighted by Crippen LogP contribution is 2.42. The van der Waals surface area contributed by atoms with Crippen LogP contribution in [0.2, 0.25) is 0 Å². The monoisotopic (exact) mass is 712 g/mol. The maximum Gasteiger partial charge on any atom is 0.311 e. The van der Waals surface area contributed by atoms with E-state index in [0.29, 0.717) is 28.2 Å². The molecule has 1 atom stereocenters. The van der Waals surface area contributed by atoms with Gasteiger partial charge >= 0.3 is 11.9 Å². The Morgan fingerprint density at radius 3 is 1.75 bits per heavy atom. The first kappa shape index (κ1) is 38.3. The van der Waals surface area contributed by atoms with Gasteiger partial charge in [0.15, 0.2) is 11.6 Å². The second-order valence-electron chi connectivity index (χ2n) is 11.0. The Hall–Kier alpha value is -5.47. The van der Waals surface area contributed by atoms with Crippen LogP contribution in [0.5, 0.6) is 17.2 Å². The lowest BCUT2D eigenvalue weighted by atomic mass is 9.80. The third-order valence-corrected chi connectivity index (χ3v) is 7.68. The maximum absolute atomic E-state index is 14.0. The molecule has 0 aromatic heterocycles. The lowest BCUT2D eigenvalue weighted by Crippen LogP contribution is -2.42. The lowest BCUT2D eigenvalue weighted by molar-refractivity contribution is -0.156. The molecule has 0 saturated heterocycles. The van der Waals surface area contributed by atoms with Gasteiger partial charge in [0.2, 0.25) is 23.3 Å². The summed E-state index contributed by atoms with van der Waals surface area (Å²) in [6.45, 7) is -0.452. The SMILES string of the molecule is COc1ccc(C(OCC(CNC(=O)CCN)OC(=O)CCC(=O)Oc2c(F)c(F)cc(F)c2F)(c2ccccc2)c2ccc(OC)cc2)cc1. The van der Waals surface area contributed by atoms with Crippen molar-refractivity contribution in [3.8, 4) is 17.2 Å². The number of carbonyl (C=O) groups is 3. The Balaban J connectivity index is 1.61. The normalized spacial score (nSPS) is 11.7. The van der Waals surface area contributed by atoms with Crippen LogP contribution in [0.15, 0.2) is 84.9 Å². The number of amides is 1. The second-order valence-corrected chi connectivity index (χ2v) is 11.0.